The Balaban J connectivity index is 1.90. The molecule has 0 fully saturated rings. The first-order valence-electron chi connectivity index (χ1n) is 7.97. The van der Waals surface area contributed by atoms with E-state index in [0.717, 1.165) is 12.3 Å². The smallest absolute Gasteiger partial charge is 0.293 e. The number of anilines is 1. The van der Waals surface area contributed by atoms with Crippen LogP contribution in [0.5, 0.6) is 0 Å². The highest BCUT2D eigenvalue weighted by atomic mass is 79.9. The molecule has 27 heavy (non-hydrogen) atoms. The highest BCUT2D eigenvalue weighted by Gasteiger charge is 2.32. The highest BCUT2D eigenvalue weighted by Crippen LogP contribution is 2.30. The first kappa shape index (κ1) is 19.2. The van der Waals surface area contributed by atoms with E-state index >= 15 is 0 Å². The van der Waals surface area contributed by atoms with Gasteiger partial charge in [0, 0.05) is 18.4 Å². The molecule has 2 aromatic rings. The molecule has 3 rings (SSSR count). The molecule has 1 unspecified atom stereocenters. The first-order valence-corrected chi connectivity index (χ1v) is 8.77. The topological polar surface area (TPSA) is 51.0 Å². The number of carbonyl (C=O) groups excluding carboxylic acids is 1. The minimum atomic E-state index is -4.48. The number of halogens is 4. The highest BCUT2D eigenvalue weighted by molar-refractivity contribution is 9.10. The van der Waals surface area contributed by atoms with Crippen molar-refractivity contribution in [2.24, 2.45) is 5.92 Å². The normalized spacial score (nSPS) is 15.7. The van der Waals surface area contributed by atoms with Crippen LogP contribution >= 0.6 is 15.9 Å². The molecule has 0 aliphatic carbocycles. The maximum atomic E-state index is 13.0. The zero-order valence-electron chi connectivity index (χ0n) is 14.3. The molecule has 1 atom stereocenters. The molecule has 1 amide bonds. The van der Waals surface area contributed by atoms with Gasteiger partial charge in [0.15, 0.2) is 0 Å². The summed E-state index contributed by atoms with van der Waals surface area (Å²) in [5.74, 6) is 4.78. The predicted molar refractivity (Wildman–Crippen MR) is 97.5 cm³/mol. The van der Waals surface area contributed by atoms with Crippen LogP contribution in [0.4, 0.5) is 19.0 Å². The average Bonchev–Trinajstić information content (AvgIpc) is 2.82. The van der Waals surface area contributed by atoms with Crippen LogP contribution in [0.2, 0.25) is 0 Å². The van der Waals surface area contributed by atoms with Crippen molar-refractivity contribution < 1.29 is 18.0 Å². The zero-order valence-corrected chi connectivity index (χ0v) is 15.9. The maximum Gasteiger partial charge on any atom is 0.417 e. The predicted octanol–water partition coefficient (Wildman–Crippen LogP) is 3.95. The fourth-order valence-corrected chi connectivity index (χ4v) is 2.93. The molecule has 0 aromatic carbocycles. The van der Waals surface area contributed by atoms with Crippen LogP contribution in [0.25, 0.3) is 6.20 Å². The average molecular weight is 439 g/mol. The van der Waals surface area contributed by atoms with Gasteiger partial charge in [-0.1, -0.05) is 5.92 Å². The summed E-state index contributed by atoms with van der Waals surface area (Å²) in [6.07, 6.45) is 1.06. The lowest BCUT2D eigenvalue weighted by Crippen LogP contribution is -2.41. The molecule has 140 valence electrons. The van der Waals surface area contributed by atoms with Crippen LogP contribution in [0.1, 0.15) is 25.1 Å². The van der Waals surface area contributed by atoms with Crippen molar-refractivity contribution in [2.45, 2.75) is 26.1 Å². The van der Waals surface area contributed by atoms with Crippen molar-refractivity contribution in [1.29, 1.82) is 0 Å². The van der Waals surface area contributed by atoms with Gasteiger partial charge in [-0.05, 0) is 53.9 Å². The van der Waals surface area contributed by atoms with E-state index in [0.29, 0.717) is 10.2 Å². The lowest BCUT2D eigenvalue weighted by molar-refractivity contribution is -0.137. The van der Waals surface area contributed by atoms with Crippen molar-refractivity contribution in [3.63, 3.8) is 0 Å². The monoisotopic (exact) mass is 438 g/mol. The molecule has 1 aliphatic heterocycles. The molecular formula is C18H14BrF3N4O. The van der Waals surface area contributed by atoms with Crippen molar-refractivity contribution in [1.82, 2.24) is 14.8 Å². The Bertz CT molecular complexity index is 952. The van der Waals surface area contributed by atoms with Gasteiger partial charge in [0.2, 0.25) is 5.91 Å². The van der Waals surface area contributed by atoms with Crippen LogP contribution in [-0.4, -0.2) is 26.7 Å². The van der Waals surface area contributed by atoms with Gasteiger partial charge in [-0.15, -0.1) is 0 Å². The van der Waals surface area contributed by atoms with E-state index in [9.17, 15) is 18.0 Å². The third-order valence-corrected chi connectivity index (χ3v) is 4.44. The van der Waals surface area contributed by atoms with Gasteiger partial charge >= 0.3 is 6.18 Å². The summed E-state index contributed by atoms with van der Waals surface area (Å²) < 4.78 is 40.5. The Kier molecular flexibility index (Phi) is 5.11. The van der Waals surface area contributed by atoms with Gasteiger partial charge in [0.1, 0.15) is 17.4 Å². The number of hydrogen-bond donors (Lipinski definition) is 0. The third kappa shape index (κ3) is 3.90. The van der Waals surface area contributed by atoms with Gasteiger partial charge < -0.3 is 0 Å². The number of alkyl halides is 3. The zero-order chi connectivity index (χ0) is 19.8. The second-order valence-electron chi connectivity index (χ2n) is 6.08. The number of rotatable bonds is 3. The van der Waals surface area contributed by atoms with Crippen LogP contribution in [0.3, 0.4) is 0 Å². The molecule has 5 nitrogen and oxygen atoms in total. The van der Waals surface area contributed by atoms with Gasteiger partial charge in [-0.25, -0.2) is 9.67 Å². The van der Waals surface area contributed by atoms with Gasteiger partial charge in [0.25, 0.3) is 0 Å². The SMILES string of the molecule is CC(C)N(C(=O)C1C#Cc2c(Br)cnn2C=C1)c1ccc(C(F)(F)F)cn1. The van der Waals surface area contributed by atoms with Crippen molar-refractivity contribution >= 4 is 33.9 Å². The molecule has 0 bridgehead atoms. The molecule has 1 aliphatic rings. The Labute approximate surface area is 162 Å². The van der Waals surface area contributed by atoms with Crippen LogP contribution in [-0.2, 0) is 11.0 Å². The number of pyridine rings is 1. The van der Waals surface area contributed by atoms with Crippen molar-refractivity contribution in [3.8, 4) is 11.8 Å². The van der Waals surface area contributed by atoms with E-state index in [-0.39, 0.29) is 17.8 Å². The van der Waals surface area contributed by atoms with E-state index in [4.69, 9.17) is 0 Å². The van der Waals surface area contributed by atoms with Gasteiger partial charge in [-0.3, -0.25) is 9.69 Å². The molecule has 0 N–H and O–H groups in total. The van der Waals surface area contributed by atoms with Crippen LogP contribution < -0.4 is 4.90 Å². The summed E-state index contributed by atoms with van der Waals surface area (Å²) >= 11 is 3.34. The van der Waals surface area contributed by atoms with Gasteiger partial charge in [0.05, 0.1) is 16.2 Å². The number of aromatic nitrogens is 3. The second kappa shape index (κ2) is 7.19. The molecule has 3 heterocycles. The molecule has 2 aromatic heterocycles. The standard InChI is InChI=1S/C18H14BrF3N4O/c1-11(2)26(16-6-4-13(9-23-16)18(20,21)22)17(27)12-3-5-15-14(19)10-24-25(15)8-7-12/h4,6-12H,1-2H3. The Morgan fingerprint density at radius 2 is 2.07 bits per heavy atom. The molecule has 0 saturated carbocycles. The fourth-order valence-electron chi connectivity index (χ4n) is 2.56. The summed E-state index contributed by atoms with van der Waals surface area (Å²) in [4.78, 5) is 18.2. The Morgan fingerprint density at radius 3 is 2.67 bits per heavy atom. The molecule has 9 heteroatoms. The number of amides is 1. The lowest BCUT2D eigenvalue weighted by atomic mass is 10.1. The Hall–Kier alpha value is -2.60. The summed E-state index contributed by atoms with van der Waals surface area (Å²) in [7, 11) is 0. The summed E-state index contributed by atoms with van der Waals surface area (Å²) in [6, 6.07) is 1.78. The minimum absolute atomic E-state index is 0.140. The fraction of sp³-hybridized carbons (Fsp3) is 0.278. The second-order valence-corrected chi connectivity index (χ2v) is 6.93. The number of hydrogen-bond acceptors (Lipinski definition) is 3. The first-order chi connectivity index (χ1) is 12.7. The van der Waals surface area contributed by atoms with E-state index in [1.54, 1.807) is 37.0 Å². The van der Waals surface area contributed by atoms with Crippen LogP contribution in [0, 0.1) is 17.8 Å². The Morgan fingerprint density at radius 1 is 1.33 bits per heavy atom. The van der Waals surface area contributed by atoms with E-state index in [1.165, 1.54) is 11.0 Å². The largest absolute Gasteiger partial charge is 0.417 e. The molecule has 0 saturated heterocycles. The maximum absolute atomic E-state index is 13.0. The summed E-state index contributed by atoms with van der Waals surface area (Å²) in [5.41, 5.74) is -0.253. The number of nitrogens with zero attached hydrogens (tertiary/aromatic N) is 4. The lowest BCUT2D eigenvalue weighted by Gasteiger charge is -2.27. The minimum Gasteiger partial charge on any atom is -0.293 e. The molecular weight excluding hydrogens is 425 g/mol. The third-order valence-electron chi connectivity index (χ3n) is 3.86. The molecule has 0 radical (unpaired) electrons. The van der Waals surface area contributed by atoms with Crippen LogP contribution in [0.15, 0.2) is 35.1 Å². The van der Waals surface area contributed by atoms with E-state index in [1.807, 2.05) is 0 Å². The van der Waals surface area contributed by atoms with Gasteiger partial charge in [-0.2, -0.15) is 18.3 Å². The molecule has 0 spiro atoms. The van der Waals surface area contributed by atoms with E-state index < -0.39 is 17.7 Å². The number of fused-ring (bicyclic) bond motifs is 1. The quantitative estimate of drug-likeness (QED) is 0.681. The summed E-state index contributed by atoms with van der Waals surface area (Å²) in [5, 5.41) is 4.12. The van der Waals surface area contributed by atoms with E-state index in [2.05, 4.69) is 37.9 Å². The van der Waals surface area contributed by atoms with Crippen molar-refractivity contribution in [2.75, 3.05) is 4.90 Å². The van der Waals surface area contributed by atoms with Crippen molar-refractivity contribution in [3.05, 3.63) is 46.3 Å². The summed E-state index contributed by atoms with van der Waals surface area (Å²) in [6.45, 7) is 3.51. The number of carbonyl (C=O) groups is 1.